The highest BCUT2D eigenvalue weighted by atomic mass is 79.9. The minimum absolute atomic E-state index is 0.0930. The number of hydrogen-bond acceptors (Lipinski definition) is 4. The zero-order valence-corrected chi connectivity index (χ0v) is 14.2. The molecule has 8 heteroatoms. The van der Waals surface area contributed by atoms with Crippen molar-refractivity contribution in [2.45, 2.75) is 24.1 Å². The summed E-state index contributed by atoms with van der Waals surface area (Å²) in [5, 5.41) is 0.422. The van der Waals surface area contributed by atoms with Crippen LogP contribution in [0.4, 0.5) is 0 Å². The Labute approximate surface area is 124 Å². The fourth-order valence-corrected chi connectivity index (χ4v) is 5.55. The molecule has 0 fully saturated rings. The fourth-order valence-electron chi connectivity index (χ4n) is 1.11. The van der Waals surface area contributed by atoms with Crippen LogP contribution in [0.25, 0.3) is 0 Å². The monoisotopic (exact) mass is 377 g/mol. The number of halogens is 2. The third kappa shape index (κ3) is 4.72. The van der Waals surface area contributed by atoms with Gasteiger partial charge in [-0.25, -0.2) is 13.1 Å². The lowest BCUT2D eigenvalue weighted by molar-refractivity contribution is 0.573. The lowest BCUT2D eigenvalue weighted by atomic mass is 10.4. The SMILES string of the molecule is CCSCC(C)NS(=O)(=O)c1cc(Cl)c(Br)s1. The van der Waals surface area contributed by atoms with Gasteiger partial charge in [-0.3, -0.25) is 0 Å². The zero-order chi connectivity index (χ0) is 13.1. The Morgan fingerprint density at radius 3 is 2.76 bits per heavy atom. The van der Waals surface area contributed by atoms with Gasteiger partial charge in [0.2, 0.25) is 10.0 Å². The number of hydrogen-bond donors (Lipinski definition) is 1. The van der Waals surface area contributed by atoms with Gasteiger partial charge in [-0.2, -0.15) is 11.8 Å². The van der Waals surface area contributed by atoms with E-state index >= 15 is 0 Å². The van der Waals surface area contributed by atoms with E-state index in [0.29, 0.717) is 8.81 Å². The lowest BCUT2D eigenvalue weighted by Gasteiger charge is -2.12. The third-order valence-electron chi connectivity index (χ3n) is 1.82. The van der Waals surface area contributed by atoms with Gasteiger partial charge in [0.15, 0.2) is 0 Å². The minimum atomic E-state index is -3.45. The van der Waals surface area contributed by atoms with Gasteiger partial charge in [0.1, 0.15) is 4.21 Å². The second-order valence-electron chi connectivity index (χ2n) is 3.37. The van der Waals surface area contributed by atoms with Crippen molar-refractivity contribution in [1.82, 2.24) is 4.72 Å². The van der Waals surface area contributed by atoms with Gasteiger partial charge in [0.25, 0.3) is 0 Å². The topological polar surface area (TPSA) is 46.2 Å². The van der Waals surface area contributed by atoms with Crippen molar-refractivity contribution in [2.75, 3.05) is 11.5 Å². The first-order valence-corrected chi connectivity index (χ1v) is 9.54. The molecular weight excluding hydrogens is 366 g/mol. The molecule has 1 atom stereocenters. The van der Waals surface area contributed by atoms with Crippen molar-refractivity contribution in [3.63, 3.8) is 0 Å². The van der Waals surface area contributed by atoms with Gasteiger partial charge in [-0.1, -0.05) is 18.5 Å². The molecule has 0 aliphatic heterocycles. The summed E-state index contributed by atoms with van der Waals surface area (Å²) in [7, 11) is -3.45. The fraction of sp³-hybridized carbons (Fsp3) is 0.556. The average molecular weight is 379 g/mol. The van der Waals surface area contributed by atoms with Gasteiger partial charge in [-0.15, -0.1) is 11.3 Å². The summed E-state index contributed by atoms with van der Waals surface area (Å²) < 4.78 is 27.5. The van der Waals surface area contributed by atoms with Gasteiger partial charge in [0.05, 0.1) is 8.81 Å². The molecule has 1 aromatic rings. The van der Waals surface area contributed by atoms with Crippen LogP contribution in [0.15, 0.2) is 14.1 Å². The van der Waals surface area contributed by atoms with Crippen LogP contribution >= 0.6 is 50.6 Å². The highest BCUT2D eigenvalue weighted by Gasteiger charge is 2.21. The summed E-state index contributed by atoms with van der Waals surface area (Å²) in [6.07, 6.45) is 0. The summed E-state index contributed by atoms with van der Waals surface area (Å²) in [6.45, 7) is 3.90. The molecule has 1 heterocycles. The first-order chi connectivity index (χ1) is 7.86. The van der Waals surface area contributed by atoms with Crippen LogP contribution in [0.2, 0.25) is 5.02 Å². The van der Waals surface area contributed by atoms with E-state index in [4.69, 9.17) is 11.6 Å². The van der Waals surface area contributed by atoms with E-state index in [-0.39, 0.29) is 10.3 Å². The molecule has 0 radical (unpaired) electrons. The molecule has 3 nitrogen and oxygen atoms in total. The van der Waals surface area contributed by atoms with Crippen LogP contribution in [-0.2, 0) is 10.0 Å². The average Bonchev–Trinajstić information content (AvgIpc) is 2.56. The van der Waals surface area contributed by atoms with Crippen molar-refractivity contribution in [3.05, 3.63) is 14.9 Å². The van der Waals surface area contributed by atoms with Gasteiger partial charge in [-0.05, 0) is 34.7 Å². The molecule has 0 aliphatic carbocycles. The van der Waals surface area contributed by atoms with E-state index in [1.54, 1.807) is 11.8 Å². The van der Waals surface area contributed by atoms with E-state index < -0.39 is 10.0 Å². The first-order valence-electron chi connectivity index (χ1n) is 4.91. The van der Waals surface area contributed by atoms with Crippen LogP contribution in [0, 0.1) is 0 Å². The highest BCUT2D eigenvalue weighted by Crippen LogP contribution is 2.34. The maximum atomic E-state index is 12.0. The van der Waals surface area contributed by atoms with Crippen LogP contribution in [0.5, 0.6) is 0 Å². The molecular formula is C9H13BrClNO2S3. The van der Waals surface area contributed by atoms with Crippen LogP contribution in [-0.4, -0.2) is 26.0 Å². The molecule has 0 saturated carbocycles. The second-order valence-corrected chi connectivity index (χ2v) is 9.41. The summed E-state index contributed by atoms with van der Waals surface area (Å²) in [5.74, 6) is 1.73. The largest absolute Gasteiger partial charge is 0.250 e. The third-order valence-corrected chi connectivity index (χ3v) is 7.50. The molecule has 1 aromatic heterocycles. The molecule has 0 aliphatic rings. The molecule has 0 bridgehead atoms. The Morgan fingerprint density at radius 1 is 1.65 bits per heavy atom. The molecule has 17 heavy (non-hydrogen) atoms. The van der Waals surface area contributed by atoms with Crippen molar-refractivity contribution < 1.29 is 8.42 Å². The van der Waals surface area contributed by atoms with E-state index in [1.807, 2.05) is 13.8 Å². The molecule has 98 valence electrons. The Morgan fingerprint density at radius 2 is 2.29 bits per heavy atom. The van der Waals surface area contributed by atoms with E-state index in [2.05, 4.69) is 20.7 Å². The Kier molecular flexibility index (Phi) is 6.29. The summed E-state index contributed by atoms with van der Waals surface area (Å²) in [4.78, 5) is 0. The smallest absolute Gasteiger partial charge is 0.207 e. The Hall–Kier alpha value is 0.730. The van der Waals surface area contributed by atoms with E-state index in [1.165, 1.54) is 6.07 Å². The number of thioether (sulfide) groups is 1. The van der Waals surface area contributed by atoms with Crippen molar-refractivity contribution >= 4 is 60.7 Å². The molecule has 0 aromatic carbocycles. The first kappa shape index (κ1) is 15.8. The van der Waals surface area contributed by atoms with Crippen molar-refractivity contribution in [1.29, 1.82) is 0 Å². The number of nitrogens with one attached hydrogen (secondary N) is 1. The maximum absolute atomic E-state index is 12.0. The number of rotatable bonds is 6. The molecule has 1 unspecified atom stereocenters. The Bertz CT molecular complexity index is 455. The van der Waals surface area contributed by atoms with Gasteiger partial charge in [0, 0.05) is 11.8 Å². The summed E-state index contributed by atoms with van der Waals surface area (Å²) in [5.41, 5.74) is 0. The molecule has 1 rings (SSSR count). The molecule has 0 amide bonds. The number of sulfonamides is 1. The summed E-state index contributed by atoms with van der Waals surface area (Å²) in [6, 6.07) is 1.36. The maximum Gasteiger partial charge on any atom is 0.250 e. The van der Waals surface area contributed by atoms with Gasteiger partial charge >= 0.3 is 0 Å². The summed E-state index contributed by atoms with van der Waals surface area (Å²) >= 11 is 11.8. The number of thiophene rings is 1. The van der Waals surface area contributed by atoms with Crippen LogP contribution in [0.1, 0.15) is 13.8 Å². The quantitative estimate of drug-likeness (QED) is 0.823. The minimum Gasteiger partial charge on any atom is -0.207 e. The molecule has 0 spiro atoms. The van der Waals surface area contributed by atoms with Crippen molar-refractivity contribution in [3.8, 4) is 0 Å². The zero-order valence-electron chi connectivity index (χ0n) is 9.37. The standard InChI is InChI=1S/C9H13BrClNO2S3/c1-3-15-5-6(2)12-17(13,14)8-4-7(11)9(10)16-8/h4,6,12H,3,5H2,1-2H3. The predicted octanol–water partition coefficient (Wildman–Crippen LogP) is 3.58. The van der Waals surface area contributed by atoms with Crippen molar-refractivity contribution in [2.24, 2.45) is 0 Å². The van der Waals surface area contributed by atoms with E-state index in [0.717, 1.165) is 22.8 Å². The highest BCUT2D eigenvalue weighted by molar-refractivity contribution is 9.11. The van der Waals surface area contributed by atoms with E-state index in [9.17, 15) is 8.42 Å². The van der Waals surface area contributed by atoms with Gasteiger partial charge < -0.3 is 0 Å². The molecule has 0 saturated heterocycles. The molecule has 1 N–H and O–H groups in total. The Balaban J connectivity index is 2.75. The second kappa shape index (κ2) is 6.77. The normalized spacial score (nSPS) is 13.9. The van der Waals surface area contributed by atoms with Crippen LogP contribution in [0.3, 0.4) is 0 Å². The van der Waals surface area contributed by atoms with Crippen LogP contribution < -0.4 is 4.72 Å². The predicted molar refractivity (Wildman–Crippen MR) is 79.8 cm³/mol. The lowest BCUT2D eigenvalue weighted by Crippen LogP contribution is -2.33.